The number of rotatable bonds is 4. The summed E-state index contributed by atoms with van der Waals surface area (Å²) < 4.78 is 30.1. The fraction of sp³-hybridized carbons (Fsp3) is 0.571. The third-order valence-electron chi connectivity index (χ3n) is 6.15. The average molecular weight is 405 g/mol. The van der Waals surface area contributed by atoms with Crippen LogP contribution in [0.25, 0.3) is 11.0 Å². The maximum absolute atomic E-state index is 12.7. The lowest BCUT2D eigenvalue weighted by Gasteiger charge is -2.35. The Balaban J connectivity index is 1.48. The van der Waals surface area contributed by atoms with Crippen molar-refractivity contribution in [2.45, 2.75) is 51.6 Å². The molecule has 2 saturated heterocycles. The standard InChI is InChI=1S/C21H28N2O4S/c1-14-8-17-16(11-27-20(17)9-15(14)2)10-21(24)22-18-12-28(25,26)13-19(18)23-6-4-3-5-7-23/h8-9,11,18-19H,3-7,10,12-13H2,1-2H3,(H,22,24). The van der Waals surface area contributed by atoms with Gasteiger partial charge in [-0.1, -0.05) is 6.42 Å². The minimum Gasteiger partial charge on any atom is -0.464 e. The molecule has 0 spiro atoms. The molecule has 3 heterocycles. The Labute approximate surface area is 166 Å². The van der Waals surface area contributed by atoms with Crippen molar-refractivity contribution < 1.29 is 17.6 Å². The van der Waals surface area contributed by atoms with E-state index in [1.54, 1.807) is 6.26 Å². The number of nitrogens with one attached hydrogen (secondary N) is 1. The van der Waals surface area contributed by atoms with Crippen LogP contribution >= 0.6 is 0 Å². The van der Waals surface area contributed by atoms with Gasteiger partial charge in [0.1, 0.15) is 5.58 Å². The van der Waals surface area contributed by atoms with E-state index in [-0.39, 0.29) is 35.9 Å². The van der Waals surface area contributed by atoms with Crippen molar-refractivity contribution in [3.8, 4) is 0 Å². The van der Waals surface area contributed by atoms with Gasteiger partial charge in [-0.05, 0) is 63.0 Å². The SMILES string of the molecule is Cc1cc2occ(CC(=O)NC3CS(=O)(=O)CC3N3CCCCC3)c2cc1C. The van der Waals surface area contributed by atoms with Crippen molar-refractivity contribution in [1.82, 2.24) is 10.2 Å². The van der Waals surface area contributed by atoms with Crippen LogP contribution in [0.4, 0.5) is 0 Å². The summed E-state index contributed by atoms with van der Waals surface area (Å²) in [6, 6.07) is 3.59. The number of hydrogen-bond donors (Lipinski definition) is 1. The molecule has 0 bridgehead atoms. The quantitative estimate of drug-likeness (QED) is 0.846. The van der Waals surface area contributed by atoms with Gasteiger partial charge in [-0.25, -0.2) is 8.42 Å². The van der Waals surface area contributed by atoms with E-state index >= 15 is 0 Å². The first-order valence-corrected chi connectivity index (χ1v) is 11.9. The number of carbonyl (C=O) groups is 1. The third-order valence-corrected chi connectivity index (χ3v) is 7.87. The number of sulfone groups is 1. The van der Waals surface area contributed by atoms with Crippen LogP contribution in [0, 0.1) is 13.8 Å². The van der Waals surface area contributed by atoms with Gasteiger partial charge in [0.05, 0.1) is 30.2 Å². The number of piperidine rings is 1. The Morgan fingerprint density at radius 3 is 2.61 bits per heavy atom. The van der Waals surface area contributed by atoms with Gasteiger partial charge in [0.2, 0.25) is 5.91 Å². The Hall–Kier alpha value is -1.86. The first kappa shape index (κ1) is 19.5. The van der Waals surface area contributed by atoms with Crippen LogP contribution < -0.4 is 5.32 Å². The van der Waals surface area contributed by atoms with Crippen LogP contribution in [0.3, 0.4) is 0 Å². The number of likely N-dealkylation sites (tertiary alicyclic amines) is 1. The van der Waals surface area contributed by atoms with Crippen molar-refractivity contribution >= 4 is 26.7 Å². The lowest BCUT2D eigenvalue weighted by Crippen LogP contribution is -2.52. The molecular weight excluding hydrogens is 376 g/mol. The molecule has 0 radical (unpaired) electrons. The number of hydrogen-bond acceptors (Lipinski definition) is 5. The van der Waals surface area contributed by atoms with Crippen molar-refractivity contribution in [1.29, 1.82) is 0 Å². The fourth-order valence-electron chi connectivity index (χ4n) is 4.48. The third kappa shape index (κ3) is 3.96. The summed E-state index contributed by atoms with van der Waals surface area (Å²) in [5.41, 5.74) is 3.92. The largest absolute Gasteiger partial charge is 0.464 e. The molecule has 1 aromatic heterocycles. The summed E-state index contributed by atoms with van der Waals surface area (Å²) >= 11 is 0. The van der Waals surface area contributed by atoms with Crippen molar-refractivity contribution in [3.63, 3.8) is 0 Å². The first-order valence-electron chi connectivity index (χ1n) is 10.0. The lowest BCUT2D eigenvalue weighted by molar-refractivity contribution is -0.121. The van der Waals surface area contributed by atoms with Gasteiger partial charge < -0.3 is 9.73 Å². The molecule has 2 unspecified atom stereocenters. The lowest BCUT2D eigenvalue weighted by atomic mass is 10.0. The molecule has 6 nitrogen and oxygen atoms in total. The van der Waals surface area contributed by atoms with Gasteiger partial charge in [-0.15, -0.1) is 0 Å². The molecule has 4 rings (SSSR count). The molecule has 28 heavy (non-hydrogen) atoms. The second-order valence-electron chi connectivity index (χ2n) is 8.29. The predicted octanol–water partition coefficient (Wildman–Crippen LogP) is 2.36. The Kier molecular flexibility index (Phi) is 5.22. The summed E-state index contributed by atoms with van der Waals surface area (Å²) in [5, 5.41) is 3.96. The van der Waals surface area contributed by atoms with E-state index in [2.05, 4.69) is 10.2 Å². The first-order chi connectivity index (χ1) is 13.3. The number of benzene rings is 1. The van der Waals surface area contributed by atoms with E-state index in [4.69, 9.17) is 4.42 Å². The van der Waals surface area contributed by atoms with E-state index in [0.29, 0.717) is 0 Å². The monoisotopic (exact) mass is 404 g/mol. The van der Waals surface area contributed by atoms with Crippen molar-refractivity contribution in [3.05, 3.63) is 35.1 Å². The van der Waals surface area contributed by atoms with Gasteiger partial charge in [0.25, 0.3) is 0 Å². The van der Waals surface area contributed by atoms with Crippen LogP contribution in [0.5, 0.6) is 0 Å². The molecule has 2 fully saturated rings. The van der Waals surface area contributed by atoms with Gasteiger partial charge in [-0.2, -0.15) is 0 Å². The zero-order valence-corrected chi connectivity index (χ0v) is 17.3. The molecule has 2 atom stereocenters. The summed E-state index contributed by atoms with van der Waals surface area (Å²) in [6.07, 6.45) is 5.21. The smallest absolute Gasteiger partial charge is 0.224 e. The second kappa shape index (κ2) is 7.52. The van der Waals surface area contributed by atoms with Gasteiger partial charge in [-0.3, -0.25) is 9.69 Å². The number of carbonyl (C=O) groups excluding carboxylic acids is 1. The van der Waals surface area contributed by atoms with Crippen molar-refractivity contribution in [2.75, 3.05) is 24.6 Å². The Morgan fingerprint density at radius 2 is 1.86 bits per heavy atom. The van der Waals surface area contributed by atoms with Gasteiger partial charge in [0.15, 0.2) is 9.84 Å². The Bertz CT molecular complexity index is 989. The highest BCUT2D eigenvalue weighted by Gasteiger charge is 2.41. The maximum atomic E-state index is 12.7. The molecular formula is C21H28N2O4S. The minimum absolute atomic E-state index is 0.0321. The average Bonchev–Trinajstić information content (AvgIpc) is 3.16. The fourth-order valence-corrected chi connectivity index (χ4v) is 6.43. The highest BCUT2D eigenvalue weighted by atomic mass is 32.2. The zero-order chi connectivity index (χ0) is 19.9. The molecule has 2 aromatic rings. The maximum Gasteiger partial charge on any atom is 0.224 e. The van der Waals surface area contributed by atoms with Crippen molar-refractivity contribution in [2.24, 2.45) is 0 Å². The number of nitrogens with zero attached hydrogens (tertiary/aromatic N) is 1. The second-order valence-corrected chi connectivity index (χ2v) is 10.4. The van der Waals surface area contributed by atoms with Crippen LogP contribution in [-0.2, 0) is 21.1 Å². The summed E-state index contributed by atoms with van der Waals surface area (Å²) in [5.74, 6) is 0.0279. The molecule has 0 saturated carbocycles. The Morgan fingerprint density at radius 1 is 1.14 bits per heavy atom. The molecule has 2 aliphatic rings. The molecule has 1 N–H and O–H groups in total. The molecule has 1 amide bonds. The number of amides is 1. The number of aryl methyl sites for hydroxylation is 2. The highest BCUT2D eigenvalue weighted by Crippen LogP contribution is 2.26. The van der Waals surface area contributed by atoms with Crippen LogP contribution in [0.1, 0.15) is 36.0 Å². The molecule has 0 aliphatic carbocycles. The predicted molar refractivity (Wildman–Crippen MR) is 109 cm³/mol. The van der Waals surface area contributed by atoms with E-state index < -0.39 is 9.84 Å². The molecule has 1 aromatic carbocycles. The van der Waals surface area contributed by atoms with Gasteiger partial charge >= 0.3 is 0 Å². The van der Waals surface area contributed by atoms with E-state index in [1.807, 2.05) is 26.0 Å². The molecule has 2 aliphatic heterocycles. The summed E-state index contributed by atoms with van der Waals surface area (Å²) in [7, 11) is -3.12. The van der Waals surface area contributed by atoms with E-state index in [0.717, 1.165) is 53.6 Å². The normalized spacial score (nSPS) is 25.2. The highest BCUT2D eigenvalue weighted by molar-refractivity contribution is 7.91. The van der Waals surface area contributed by atoms with Crippen LogP contribution in [0.2, 0.25) is 0 Å². The van der Waals surface area contributed by atoms with E-state index in [9.17, 15) is 13.2 Å². The van der Waals surface area contributed by atoms with E-state index in [1.165, 1.54) is 6.42 Å². The summed E-state index contributed by atoms with van der Waals surface area (Å²) in [4.78, 5) is 15.0. The topological polar surface area (TPSA) is 79.6 Å². The van der Waals surface area contributed by atoms with Crippen LogP contribution in [-0.4, -0.2) is 55.9 Å². The molecule has 152 valence electrons. The zero-order valence-electron chi connectivity index (χ0n) is 16.5. The number of fused-ring (bicyclic) bond motifs is 1. The summed E-state index contributed by atoms with van der Waals surface area (Å²) in [6.45, 7) is 5.90. The van der Waals surface area contributed by atoms with Crippen LogP contribution in [0.15, 0.2) is 22.8 Å². The molecule has 7 heteroatoms. The minimum atomic E-state index is -3.12. The van der Waals surface area contributed by atoms with Gasteiger partial charge in [0, 0.05) is 17.0 Å². The number of furan rings is 1.